The molecule has 0 spiro atoms. The lowest BCUT2D eigenvalue weighted by Crippen LogP contribution is -2.22. The lowest BCUT2D eigenvalue weighted by atomic mass is 10.1. The third-order valence-electron chi connectivity index (χ3n) is 3.87. The van der Waals surface area contributed by atoms with E-state index in [2.05, 4.69) is 5.32 Å². The highest BCUT2D eigenvalue weighted by Crippen LogP contribution is 2.27. The first kappa shape index (κ1) is 20.7. The summed E-state index contributed by atoms with van der Waals surface area (Å²) in [6.07, 6.45) is -0.0521. The van der Waals surface area contributed by atoms with Gasteiger partial charge in [0.2, 0.25) is 0 Å². The number of nitro benzene ring substituents is 1. The van der Waals surface area contributed by atoms with Gasteiger partial charge in [-0.25, -0.2) is 0 Å². The van der Waals surface area contributed by atoms with E-state index in [9.17, 15) is 19.7 Å². The molecule has 0 aliphatic heterocycles. The number of ether oxygens (including phenoxy) is 3. The number of esters is 1. The number of benzene rings is 2. The Morgan fingerprint density at radius 3 is 2.43 bits per heavy atom. The highest BCUT2D eigenvalue weighted by atomic mass is 16.6. The molecule has 148 valence electrons. The van der Waals surface area contributed by atoms with E-state index < -0.39 is 23.4 Å². The Bertz CT molecular complexity index is 896. The highest BCUT2D eigenvalue weighted by molar-refractivity contribution is 5.93. The van der Waals surface area contributed by atoms with E-state index in [-0.39, 0.29) is 17.8 Å². The molecular weight excluding hydrogens is 368 g/mol. The van der Waals surface area contributed by atoms with Crippen molar-refractivity contribution in [3.8, 4) is 11.5 Å². The molecule has 0 unspecified atom stereocenters. The summed E-state index contributed by atoms with van der Waals surface area (Å²) in [5.74, 6) is -0.180. The average Bonchev–Trinajstić information content (AvgIpc) is 2.67. The summed E-state index contributed by atoms with van der Waals surface area (Å²) in [4.78, 5) is 34.2. The van der Waals surface area contributed by atoms with Gasteiger partial charge in [0.25, 0.3) is 11.6 Å². The number of nitro groups is 1. The standard InChI is InChI=1S/C19H20N2O7/c1-12-4-6-14(21(24)25)10-15(12)20-18(22)11-28-19(23)9-13-5-7-16(26-2)17(8-13)27-3/h4-8,10H,9,11H2,1-3H3,(H,20,22). The number of methoxy groups -OCH3 is 2. The van der Waals surface area contributed by atoms with Crippen LogP contribution in [0.1, 0.15) is 11.1 Å². The van der Waals surface area contributed by atoms with Gasteiger partial charge < -0.3 is 19.5 Å². The third kappa shape index (κ3) is 5.44. The van der Waals surface area contributed by atoms with Crippen LogP contribution in [0.15, 0.2) is 36.4 Å². The Morgan fingerprint density at radius 1 is 1.07 bits per heavy atom. The fourth-order valence-corrected chi connectivity index (χ4v) is 2.40. The van der Waals surface area contributed by atoms with Crippen molar-refractivity contribution in [1.29, 1.82) is 0 Å². The fourth-order valence-electron chi connectivity index (χ4n) is 2.40. The van der Waals surface area contributed by atoms with Gasteiger partial charge >= 0.3 is 5.97 Å². The SMILES string of the molecule is COc1ccc(CC(=O)OCC(=O)Nc2cc([N+](=O)[O-])ccc2C)cc1OC. The molecule has 0 aliphatic carbocycles. The summed E-state index contributed by atoms with van der Waals surface area (Å²) >= 11 is 0. The van der Waals surface area contributed by atoms with Gasteiger partial charge in [0, 0.05) is 12.1 Å². The number of hydrogen-bond acceptors (Lipinski definition) is 7. The van der Waals surface area contributed by atoms with E-state index in [1.165, 1.54) is 32.4 Å². The summed E-state index contributed by atoms with van der Waals surface area (Å²) < 4.78 is 15.3. The average molecular weight is 388 g/mol. The molecule has 0 saturated heterocycles. The molecule has 2 aromatic carbocycles. The van der Waals surface area contributed by atoms with Gasteiger partial charge in [-0.1, -0.05) is 12.1 Å². The molecule has 2 rings (SSSR count). The first-order valence-corrected chi connectivity index (χ1v) is 8.25. The van der Waals surface area contributed by atoms with Gasteiger partial charge in [-0.15, -0.1) is 0 Å². The van der Waals surface area contributed by atoms with Gasteiger partial charge in [0.1, 0.15) is 0 Å². The van der Waals surface area contributed by atoms with Gasteiger partial charge in [0.15, 0.2) is 18.1 Å². The number of nitrogens with zero attached hydrogens (tertiary/aromatic N) is 1. The molecule has 1 N–H and O–H groups in total. The number of anilines is 1. The summed E-state index contributed by atoms with van der Waals surface area (Å²) in [6, 6.07) is 9.12. The van der Waals surface area contributed by atoms with Crippen molar-refractivity contribution in [3.05, 3.63) is 57.6 Å². The lowest BCUT2D eigenvalue weighted by Gasteiger charge is -2.10. The zero-order valence-electron chi connectivity index (χ0n) is 15.7. The Morgan fingerprint density at radius 2 is 1.79 bits per heavy atom. The Hall–Kier alpha value is -3.62. The second-order valence-corrected chi connectivity index (χ2v) is 5.83. The second kappa shape index (κ2) is 9.36. The van der Waals surface area contributed by atoms with Crippen molar-refractivity contribution in [2.75, 3.05) is 26.1 Å². The van der Waals surface area contributed by atoms with Gasteiger partial charge in [-0.2, -0.15) is 0 Å². The minimum atomic E-state index is -0.599. The number of hydrogen-bond donors (Lipinski definition) is 1. The van der Waals surface area contributed by atoms with Crippen molar-refractivity contribution >= 4 is 23.3 Å². The summed E-state index contributed by atoms with van der Waals surface area (Å²) in [6.45, 7) is 1.19. The van der Waals surface area contributed by atoms with Crippen LogP contribution in [-0.4, -0.2) is 37.6 Å². The normalized spacial score (nSPS) is 10.1. The molecule has 0 saturated carbocycles. The topological polar surface area (TPSA) is 117 Å². The minimum absolute atomic E-state index is 0.0521. The predicted molar refractivity (Wildman–Crippen MR) is 101 cm³/mol. The highest BCUT2D eigenvalue weighted by Gasteiger charge is 2.14. The number of amides is 1. The van der Waals surface area contributed by atoms with Crippen LogP contribution in [0.2, 0.25) is 0 Å². The largest absolute Gasteiger partial charge is 0.493 e. The molecule has 0 heterocycles. The molecule has 0 aromatic heterocycles. The van der Waals surface area contributed by atoms with Crippen molar-refractivity contribution in [2.45, 2.75) is 13.3 Å². The van der Waals surface area contributed by atoms with E-state index in [0.29, 0.717) is 22.6 Å². The first-order valence-electron chi connectivity index (χ1n) is 8.25. The quantitative estimate of drug-likeness (QED) is 0.420. The number of nitrogens with one attached hydrogen (secondary N) is 1. The summed E-state index contributed by atoms with van der Waals surface area (Å²) in [7, 11) is 2.99. The Labute approximate surface area is 161 Å². The number of non-ortho nitro benzene ring substituents is 1. The van der Waals surface area contributed by atoms with Crippen LogP contribution in [0.5, 0.6) is 11.5 Å². The summed E-state index contributed by atoms with van der Waals surface area (Å²) in [5.41, 5.74) is 1.43. The van der Waals surface area contributed by atoms with Gasteiger partial charge in [0.05, 0.1) is 31.3 Å². The third-order valence-corrected chi connectivity index (χ3v) is 3.87. The molecule has 28 heavy (non-hydrogen) atoms. The van der Waals surface area contributed by atoms with E-state index in [1.807, 2.05) is 0 Å². The minimum Gasteiger partial charge on any atom is -0.493 e. The van der Waals surface area contributed by atoms with E-state index >= 15 is 0 Å². The molecule has 0 fully saturated rings. The van der Waals surface area contributed by atoms with Crippen LogP contribution in [0.4, 0.5) is 11.4 Å². The Balaban J connectivity index is 1.92. The molecule has 0 atom stereocenters. The van der Waals surface area contributed by atoms with Crippen LogP contribution >= 0.6 is 0 Å². The van der Waals surface area contributed by atoms with Gasteiger partial charge in [-0.05, 0) is 30.2 Å². The number of aryl methyl sites for hydroxylation is 1. The Kier molecular flexibility index (Phi) is 6.91. The zero-order chi connectivity index (χ0) is 20.7. The molecule has 1 amide bonds. The van der Waals surface area contributed by atoms with Crippen molar-refractivity contribution < 1.29 is 28.7 Å². The lowest BCUT2D eigenvalue weighted by molar-refractivity contribution is -0.384. The zero-order valence-corrected chi connectivity index (χ0v) is 15.7. The number of carbonyl (C=O) groups excluding carboxylic acids is 2. The molecule has 0 radical (unpaired) electrons. The van der Waals surface area contributed by atoms with Gasteiger partial charge in [-0.3, -0.25) is 19.7 Å². The van der Waals surface area contributed by atoms with E-state index in [4.69, 9.17) is 14.2 Å². The molecule has 0 aliphatic rings. The van der Waals surface area contributed by atoms with E-state index in [0.717, 1.165) is 0 Å². The number of carbonyl (C=O) groups is 2. The van der Waals surface area contributed by atoms with Crippen molar-refractivity contribution in [2.24, 2.45) is 0 Å². The monoisotopic (exact) mass is 388 g/mol. The second-order valence-electron chi connectivity index (χ2n) is 5.83. The van der Waals surface area contributed by atoms with Crippen molar-refractivity contribution in [3.63, 3.8) is 0 Å². The molecule has 9 nitrogen and oxygen atoms in total. The van der Waals surface area contributed by atoms with Crippen LogP contribution < -0.4 is 14.8 Å². The maximum Gasteiger partial charge on any atom is 0.310 e. The van der Waals surface area contributed by atoms with Crippen LogP contribution in [-0.2, 0) is 20.7 Å². The molecule has 2 aromatic rings. The van der Waals surface area contributed by atoms with Crippen molar-refractivity contribution in [1.82, 2.24) is 0 Å². The summed E-state index contributed by atoms with van der Waals surface area (Å²) in [5, 5.41) is 13.3. The maximum atomic E-state index is 12.0. The first-order chi connectivity index (χ1) is 13.3. The number of rotatable bonds is 8. The molecule has 9 heteroatoms. The smallest absolute Gasteiger partial charge is 0.310 e. The van der Waals surface area contributed by atoms with Crippen LogP contribution in [0.25, 0.3) is 0 Å². The fraction of sp³-hybridized carbons (Fsp3) is 0.263. The van der Waals surface area contributed by atoms with Crippen LogP contribution in [0, 0.1) is 17.0 Å². The predicted octanol–water partition coefficient (Wildman–Crippen LogP) is 2.64. The van der Waals surface area contributed by atoms with Crippen LogP contribution in [0.3, 0.4) is 0 Å². The molecule has 0 bridgehead atoms. The van der Waals surface area contributed by atoms with E-state index in [1.54, 1.807) is 25.1 Å². The molecular formula is C19H20N2O7. The maximum absolute atomic E-state index is 12.0.